The van der Waals surface area contributed by atoms with Crippen molar-refractivity contribution in [2.24, 2.45) is 5.11 Å². The van der Waals surface area contributed by atoms with Gasteiger partial charge in [0, 0.05) is 17.1 Å². The molecule has 0 saturated carbocycles. The van der Waals surface area contributed by atoms with Crippen LogP contribution in [-0.2, 0) is 17.8 Å². The van der Waals surface area contributed by atoms with Crippen molar-refractivity contribution in [2.45, 2.75) is 13.0 Å². The van der Waals surface area contributed by atoms with Crippen molar-refractivity contribution in [1.82, 2.24) is 5.32 Å². The highest BCUT2D eigenvalue weighted by Crippen LogP contribution is 2.21. The first-order chi connectivity index (χ1) is 6.79. The van der Waals surface area contributed by atoms with E-state index < -0.39 is 0 Å². The number of hydrogen-bond acceptors (Lipinski definition) is 2. The first-order valence-corrected chi connectivity index (χ1v) is 4.23. The third-order valence-electron chi connectivity index (χ3n) is 2.18. The Balaban J connectivity index is 2.42. The Bertz CT molecular complexity index is 434. The highest BCUT2D eigenvalue weighted by Gasteiger charge is 2.14. The second kappa shape index (κ2) is 3.40. The molecule has 0 aromatic heterocycles. The monoisotopic (exact) mass is 188 g/mol. The maximum absolute atomic E-state index is 11.1. The average molecular weight is 188 g/mol. The summed E-state index contributed by atoms with van der Waals surface area (Å²) < 4.78 is 0. The molecule has 1 amide bonds. The number of benzene rings is 1. The summed E-state index contributed by atoms with van der Waals surface area (Å²) in [6.45, 7) is 0.560. The first-order valence-electron chi connectivity index (χ1n) is 4.23. The van der Waals surface area contributed by atoms with Gasteiger partial charge in [-0.25, -0.2) is 0 Å². The van der Waals surface area contributed by atoms with Crippen LogP contribution in [-0.4, -0.2) is 5.91 Å². The van der Waals surface area contributed by atoms with E-state index in [9.17, 15) is 4.79 Å². The lowest BCUT2D eigenvalue weighted by molar-refractivity contribution is -0.121. The van der Waals surface area contributed by atoms with E-state index in [1.807, 2.05) is 6.07 Å². The van der Waals surface area contributed by atoms with Crippen molar-refractivity contribution in [3.8, 4) is 0 Å². The minimum Gasteiger partial charge on any atom is -0.352 e. The van der Waals surface area contributed by atoms with Gasteiger partial charge in [-0.2, -0.15) is 0 Å². The molecule has 5 nitrogen and oxygen atoms in total. The highest BCUT2D eigenvalue weighted by atomic mass is 16.1. The maximum Gasteiger partial charge on any atom is 0.224 e. The molecule has 14 heavy (non-hydrogen) atoms. The summed E-state index contributed by atoms with van der Waals surface area (Å²) in [5, 5.41) is 6.24. The number of carbonyl (C=O) groups is 1. The zero-order chi connectivity index (χ0) is 9.97. The van der Waals surface area contributed by atoms with Gasteiger partial charge in [0.2, 0.25) is 5.91 Å². The van der Waals surface area contributed by atoms with Crippen LogP contribution in [0.25, 0.3) is 10.4 Å². The predicted octanol–water partition coefficient (Wildman–Crippen LogP) is 1.80. The number of nitrogens with zero attached hydrogens (tertiary/aromatic N) is 3. The van der Waals surface area contributed by atoms with Crippen molar-refractivity contribution in [1.29, 1.82) is 0 Å². The van der Waals surface area contributed by atoms with Crippen LogP contribution in [0.5, 0.6) is 0 Å². The third kappa shape index (κ3) is 1.53. The van der Waals surface area contributed by atoms with E-state index in [1.54, 1.807) is 12.1 Å². The molecular formula is C9H8N4O. The lowest BCUT2D eigenvalue weighted by Crippen LogP contribution is -2.30. The average Bonchev–Trinajstić information content (AvgIpc) is 2.17. The van der Waals surface area contributed by atoms with Gasteiger partial charge in [0.25, 0.3) is 0 Å². The van der Waals surface area contributed by atoms with Gasteiger partial charge in [-0.15, -0.1) is 0 Å². The zero-order valence-electron chi connectivity index (χ0n) is 7.40. The largest absolute Gasteiger partial charge is 0.352 e. The Morgan fingerprint density at radius 2 is 2.29 bits per heavy atom. The molecule has 1 heterocycles. The van der Waals surface area contributed by atoms with E-state index in [0.29, 0.717) is 18.7 Å². The zero-order valence-corrected chi connectivity index (χ0v) is 7.40. The summed E-state index contributed by atoms with van der Waals surface area (Å²) in [6, 6.07) is 5.38. The highest BCUT2D eigenvalue weighted by molar-refractivity contribution is 5.81. The number of hydrogen-bond donors (Lipinski definition) is 1. The quantitative estimate of drug-likeness (QED) is 0.407. The van der Waals surface area contributed by atoms with E-state index in [-0.39, 0.29) is 5.91 Å². The Morgan fingerprint density at radius 1 is 1.43 bits per heavy atom. The van der Waals surface area contributed by atoms with Gasteiger partial charge in [-0.05, 0) is 22.7 Å². The molecule has 0 fully saturated rings. The molecule has 0 saturated heterocycles. The van der Waals surface area contributed by atoms with Crippen LogP contribution in [0.3, 0.4) is 0 Å². The summed E-state index contributed by atoms with van der Waals surface area (Å²) >= 11 is 0. The molecule has 5 heteroatoms. The lowest BCUT2D eigenvalue weighted by Gasteiger charge is -2.16. The van der Waals surface area contributed by atoms with Crippen molar-refractivity contribution in [3.63, 3.8) is 0 Å². The van der Waals surface area contributed by atoms with Crippen LogP contribution in [0.1, 0.15) is 11.1 Å². The Hall–Kier alpha value is -2.00. The molecule has 1 aromatic carbocycles. The molecule has 0 bridgehead atoms. The van der Waals surface area contributed by atoms with Crippen LogP contribution in [0.2, 0.25) is 0 Å². The molecule has 1 aliphatic heterocycles. The smallest absolute Gasteiger partial charge is 0.224 e. The first kappa shape index (κ1) is 8.59. The fourth-order valence-corrected chi connectivity index (χ4v) is 1.49. The van der Waals surface area contributed by atoms with Gasteiger partial charge < -0.3 is 5.32 Å². The molecule has 0 radical (unpaired) electrons. The lowest BCUT2D eigenvalue weighted by atomic mass is 10.0. The summed E-state index contributed by atoms with van der Waals surface area (Å²) in [4.78, 5) is 13.8. The SMILES string of the molecule is [N-]=[N+]=Nc1ccc2c(c1)CC(=O)NC2. The maximum atomic E-state index is 11.1. The van der Waals surface area contributed by atoms with E-state index >= 15 is 0 Å². The van der Waals surface area contributed by atoms with E-state index in [4.69, 9.17) is 5.53 Å². The van der Waals surface area contributed by atoms with E-state index in [0.717, 1.165) is 11.1 Å². The third-order valence-corrected chi connectivity index (χ3v) is 2.18. The van der Waals surface area contributed by atoms with E-state index in [2.05, 4.69) is 15.3 Å². The molecule has 0 aliphatic carbocycles. The van der Waals surface area contributed by atoms with Crippen LogP contribution in [0, 0.1) is 0 Å². The number of fused-ring (bicyclic) bond motifs is 1. The van der Waals surface area contributed by atoms with Crippen LogP contribution >= 0.6 is 0 Å². The number of rotatable bonds is 1. The fourth-order valence-electron chi connectivity index (χ4n) is 1.49. The van der Waals surface area contributed by atoms with Gasteiger partial charge in [0.1, 0.15) is 0 Å². The minimum absolute atomic E-state index is 0.00980. The standard InChI is InChI=1S/C9H8N4O/c10-13-12-8-2-1-6-5-11-9(14)4-7(6)3-8/h1-3H,4-5H2,(H,11,14). The fraction of sp³-hybridized carbons (Fsp3) is 0.222. The molecule has 1 aliphatic rings. The summed E-state index contributed by atoms with van der Waals surface area (Å²) in [5.74, 6) is 0.00980. The molecule has 1 N–H and O–H groups in total. The Labute approximate surface area is 80.4 Å². The molecule has 2 rings (SSSR count). The number of amides is 1. The summed E-state index contributed by atoms with van der Waals surface area (Å²) in [6.07, 6.45) is 0.365. The van der Waals surface area contributed by atoms with Crippen molar-refractivity contribution < 1.29 is 4.79 Å². The molecule has 0 spiro atoms. The topological polar surface area (TPSA) is 77.9 Å². The summed E-state index contributed by atoms with van der Waals surface area (Å²) in [5.41, 5.74) is 10.8. The van der Waals surface area contributed by atoms with Gasteiger partial charge in [0.15, 0.2) is 0 Å². The Kier molecular flexibility index (Phi) is 2.08. The molecule has 0 unspecified atom stereocenters. The number of carbonyl (C=O) groups excluding carboxylic acids is 1. The molecule has 0 atom stereocenters. The van der Waals surface area contributed by atoms with Gasteiger partial charge in [-0.3, -0.25) is 4.79 Å². The van der Waals surface area contributed by atoms with Gasteiger partial charge in [0.05, 0.1) is 6.42 Å². The second-order valence-electron chi connectivity index (χ2n) is 3.10. The Morgan fingerprint density at radius 3 is 3.07 bits per heavy atom. The number of nitrogens with one attached hydrogen (secondary N) is 1. The minimum atomic E-state index is 0.00980. The van der Waals surface area contributed by atoms with Crippen molar-refractivity contribution in [3.05, 3.63) is 39.8 Å². The molecular weight excluding hydrogens is 180 g/mol. The van der Waals surface area contributed by atoms with Crippen molar-refractivity contribution in [2.75, 3.05) is 0 Å². The van der Waals surface area contributed by atoms with Gasteiger partial charge in [-0.1, -0.05) is 17.2 Å². The normalized spacial score (nSPS) is 13.9. The predicted molar refractivity (Wildman–Crippen MR) is 50.8 cm³/mol. The van der Waals surface area contributed by atoms with E-state index in [1.165, 1.54) is 0 Å². The van der Waals surface area contributed by atoms with Crippen molar-refractivity contribution >= 4 is 11.6 Å². The summed E-state index contributed by atoms with van der Waals surface area (Å²) in [7, 11) is 0. The molecule has 1 aromatic rings. The second-order valence-corrected chi connectivity index (χ2v) is 3.10. The van der Waals surface area contributed by atoms with Gasteiger partial charge >= 0.3 is 0 Å². The van der Waals surface area contributed by atoms with Crippen LogP contribution in [0.4, 0.5) is 5.69 Å². The van der Waals surface area contributed by atoms with Crippen LogP contribution < -0.4 is 5.32 Å². The number of azide groups is 1. The van der Waals surface area contributed by atoms with Crippen LogP contribution in [0.15, 0.2) is 23.3 Å². The molecule has 70 valence electrons.